The molecular formula is C14H8Cl2F3NO. The van der Waals surface area contributed by atoms with E-state index in [4.69, 9.17) is 23.2 Å². The zero-order valence-corrected chi connectivity index (χ0v) is 11.8. The Hall–Kier alpha value is -1.72. The average molecular weight is 334 g/mol. The lowest BCUT2D eigenvalue weighted by Gasteiger charge is -2.09. The van der Waals surface area contributed by atoms with Crippen molar-refractivity contribution in [1.29, 1.82) is 0 Å². The van der Waals surface area contributed by atoms with Gasteiger partial charge < -0.3 is 5.11 Å². The molecule has 0 aliphatic rings. The lowest BCUT2D eigenvalue weighted by atomic mass is 10.2. The summed E-state index contributed by atoms with van der Waals surface area (Å²) in [6, 6.07) is 7.59. The molecule has 2 aromatic carbocycles. The Kier molecular flexibility index (Phi) is 4.44. The summed E-state index contributed by atoms with van der Waals surface area (Å²) in [6.45, 7) is 0. The first-order valence-electron chi connectivity index (χ1n) is 5.67. The van der Waals surface area contributed by atoms with Gasteiger partial charge in [-0.15, -0.1) is 0 Å². The van der Waals surface area contributed by atoms with Gasteiger partial charge in [0.25, 0.3) is 0 Å². The topological polar surface area (TPSA) is 32.6 Å². The molecule has 0 radical (unpaired) electrons. The van der Waals surface area contributed by atoms with Crippen LogP contribution in [0.15, 0.2) is 41.4 Å². The van der Waals surface area contributed by atoms with Gasteiger partial charge in [0.05, 0.1) is 16.3 Å². The number of phenolic OH excluding ortho intramolecular Hbond substituents is 1. The Labute approximate surface area is 128 Å². The highest BCUT2D eigenvalue weighted by Crippen LogP contribution is 2.36. The monoisotopic (exact) mass is 333 g/mol. The van der Waals surface area contributed by atoms with Crippen LogP contribution in [-0.4, -0.2) is 11.3 Å². The maximum absolute atomic E-state index is 12.7. The molecule has 0 saturated carbocycles. The third-order valence-electron chi connectivity index (χ3n) is 2.60. The second kappa shape index (κ2) is 5.95. The molecule has 110 valence electrons. The van der Waals surface area contributed by atoms with E-state index in [-0.39, 0.29) is 11.4 Å². The fourth-order valence-electron chi connectivity index (χ4n) is 1.58. The number of halogens is 5. The Balaban J connectivity index is 2.36. The third-order valence-corrected chi connectivity index (χ3v) is 3.16. The number of aromatic hydroxyl groups is 1. The van der Waals surface area contributed by atoms with Crippen molar-refractivity contribution in [1.82, 2.24) is 0 Å². The highest BCUT2D eigenvalue weighted by atomic mass is 35.5. The summed E-state index contributed by atoms with van der Waals surface area (Å²) in [6.07, 6.45) is -3.33. The standard InChI is InChI=1S/C14H8Cl2F3NO/c15-9-1-4-13(21)8(5-9)7-20-10-2-3-12(16)11(6-10)14(17,18)19/h1-7,21H. The van der Waals surface area contributed by atoms with Gasteiger partial charge in [-0.1, -0.05) is 23.2 Å². The zero-order valence-electron chi connectivity index (χ0n) is 10.3. The average Bonchev–Trinajstić information content (AvgIpc) is 2.40. The molecule has 0 saturated heterocycles. The van der Waals surface area contributed by atoms with Crippen molar-refractivity contribution in [2.24, 2.45) is 4.99 Å². The van der Waals surface area contributed by atoms with Crippen LogP contribution in [0.1, 0.15) is 11.1 Å². The Bertz CT molecular complexity index is 699. The summed E-state index contributed by atoms with van der Waals surface area (Å²) < 4.78 is 38.1. The van der Waals surface area contributed by atoms with E-state index >= 15 is 0 Å². The summed E-state index contributed by atoms with van der Waals surface area (Å²) in [5.74, 6) is -0.0758. The Morgan fingerprint density at radius 3 is 2.43 bits per heavy atom. The number of aliphatic imine (C=N–C) groups is 1. The van der Waals surface area contributed by atoms with Crippen LogP contribution < -0.4 is 0 Å². The molecule has 0 heterocycles. The summed E-state index contributed by atoms with van der Waals surface area (Å²) >= 11 is 11.3. The second-order valence-electron chi connectivity index (χ2n) is 4.12. The van der Waals surface area contributed by atoms with E-state index in [1.54, 1.807) is 0 Å². The van der Waals surface area contributed by atoms with Crippen LogP contribution in [0.2, 0.25) is 10.0 Å². The van der Waals surface area contributed by atoms with E-state index in [2.05, 4.69) is 4.99 Å². The van der Waals surface area contributed by atoms with Crippen molar-refractivity contribution in [3.8, 4) is 5.75 Å². The Morgan fingerprint density at radius 1 is 1.05 bits per heavy atom. The van der Waals surface area contributed by atoms with E-state index in [1.165, 1.54) is 30.5 Å². The molecule has 1 N–H and O–H groups in total. The van der Waals surface area contributed by atoms with Gasteiger partial charge in [-0.05, 0) is 36.4 Å². The largest absolute Gasteiger partial charge is 0.507 e. The van der Waals surface area contributed by atoms with Gasteiger partial charge in [0, 0.05) is 16.8 Å². The third kappa shape index (κ3) is 3.89. The van der Waals surface area contributed by atoms with Crippen molar-refractivity contribution >= 4 is 35.1 Å². The molecular weight excluding hydrogens is 326 g/mol. The van der Waals surface area contributed by atoms with Crippen LogP contribution in [0.3, 0.4) is 0 Å². The first-order valence-corrected chi connectivity index (χ1v) is 6.42. The van der Waals surface area contributed by atoms with Gasteiger partial charge in [0.1, 0.15) is 5.75 Å². The van der Waals surface area contributed by atoms with Crippen LogP contribution in [0.4, 0.5) is 18.9 Å². The molecule has 0 aliphatic heterocycles. The van der Waals surface area contributed by atoms with Gasteiger partial charge in [0.2, 0.25) is 0 Å². The van der Waals surface area contributed by atoms with Crippen LogP contribution in [-0.2, 0) is 6.18 Å². The quantitative estimate of drug-likeness (QED) is 0.726. The minimum atomic E-state index is -4.55. The molecule has 2 rings (SSSR count). The lowest BCUT2D eigenvalue weighted by Crippen LogP contribution is -2.05. The molecule has 0 atom stereocenters. The molecule has 0 unspecified atom stereocenters. The molecule has 2 nitrogen and oxygen atoms in total. The molecule has 7 heteroatoms. The smallest absolute Gasteiger partial charge is 0.417 e. The fraction of sp³-hybridized carbons (Fsp3) is 0.0714. The molecule has 0 bridgehead atoms. The zero-order chi connectivity index (χ0) is 15.6. The summed E-state index contributed by atoms with van der Waals surface area (Å²) in [4.78, 5) is 3.89. The number of hydrogen-bond acceptors (Lipinski definition) is 2. The Morgan fingerprint density at radius 2 is 1.76 bits per heavy atom. The van der Waals surface area contributed by atoms with Gasteiger partial charge in [0.15, 0.2) is 0 Å². The van der Waals surface area contributed by atoms with E-state index < -0.39 is 16.8 Å². The van der Waals surface area contributed by atoms with E-state index in [9.17, 15) is 18.3 Å². The normalized spacial score (nSPS) is 12.0. The van der Waals surface area contributed by atoms with Crippen molar-refractivity contribution in [3.05, 3.63) is 57.6 Å². The first kappa shape index (κ1) is 15.7. The molecule has 0 amide bonds. The van der Waals surface area contributed by atoms with Crippen molar-refractivity contribution in [3.63, 3.8) is 0 Å². The van der Waals surface area contributed by atoms with Gasteiger partial charge in [-0.2, -0.15) is 13.2 Å². The predicted octanol–water partition coefficient (Wildman–Crippen LogP) is 5.47. The van der Waals surface area contributed by atoms with E-state index in [1.807, 2.05) is 0 Å². The highest BCUT2D eigenvalue weighted by molar-refractivity contribution is 6.31. The van der Waals surface area contributed by atoms with Crippen LogP contribution in [0.5, 0.6) is 5.75 Å². The minimum absolute atomic E-state index is 0.0612. The maximum atomic E-state index is 12.7. The second-order valence-corrected chi connectivity index (χ2v) is 4.97. The minimum Gasteiger partial charge on any atom is -0.507 e. The highest BCUT2D eigenvalue weighted by Gasteiger charge is 2.33. The van der Waals surface area contributed by atoms with Crippen molar-refractivity contribution < 1.29 is 18.3 Å². The molecule has 0 aromatic heterocycles. The molecule has 0 spiro atoms. The summed E-state index contributed by atoms with van der Waals surface area (Å²) in [7, 11) is 0. The summed E-state index contributed by atoms with van der Waals surface area (Å²) in [5, 5.41) is 9.57. The number of rotatable bonds is 2. The van der Waals surface area contributed by atoms with Crippen LogP contribution in [0.25, 0.3) is 0 Å². The number of phenols is 1. The van der Waals surface area contributed by atoms with Gasteiger partial charge in [-0.25, -0.2) is 0 Å². The van der Waals surface area contributed by atoms with Gasteiger partial charge in [-0.3, -0.25) is 4.99 Å². The first-order chi connectivity index (χ1) is 9.77. The van der Waals surface area contributed by atoms with Gasteiger partial charge >= 0.3 is 6.18 Å². The maximum Gasteiger partial charge on any atom is 0.417 e. The van der Waals surface area contributed by atoms with Crippen molar-refractivity contribution in [2.45, 2.75) is 6.18 Å². The number of alkyl halides is 3. The molecule has 0 fully saturated rings. The van der Waals surface area contributed by atoms with Crippen LogP contribution >= 0.6 is 23.2 Å². The van der Waals surface area contributed by atoms with E-state index in [0.717, 1.165) is 12.1 Å². The molecule has 0 aliphatic carbocycles. The SMILES string of the molecule is Oc1ccc(Cl)cc1C=Nc1ccc(Cl)c(C(F)(F)F)c1. The number of hydrogen-bond donors (Lipinski definition) is 1. The van der Waals surface area contributed by atoms with Crippen molar-refractivity contribution in [2.75, 3.05) is 0 Å². The molecule has 2 aromatic rings. The number of benzene rings is 2. The summed E-state index contributed by atoms with van der Waals surface area (Å²) in [5.41, 5.74) is -0.605. The number of nitrogens with zero attached hydrogens (tertiary/aromatic N) is 1. The molecule has 21 heavy (non-hydrogen) atoms. The van der Waals surface area contributed by atoms with E-state index in [0.29, 0.717) is 10.6 Å². The lowest BCUT2D eigenvalue weighted by molar-refractivity contribution is -0.137. The fourth-order valence-corrected chi connectivity index (χ4v) is 1.99. The predicted molar refractivity (Wildman–Crippen MR) is 76.8 cm³/mol. The van der Waals surface area contributed by atoms with Crippen LogP contribution in [0, 0.1) is 0 Å².